The summed E-state index contributed by atoms with van der Waals surface area (Å²) in [6, 6.07) is -0.298. The highest BCUT2D eigenvalue weighted by Crippen LogP contribution is 2.37. The molecule has 0 atom stereocenters. The van der Waals surface area contributed by atoms with E-state index in [1.807, 2.05) is 10.7 Å². The van der Waals surface area contributed by atoms with Gasteiger partial charge in [0, 0.05) is 11.4 Å². The predicted octanol–water partition coefficient (Wildman–Crippen LogP) is 4.44. The monoisotopic (exact) mass is 353 g/mol. The maximum absolute atomic E-state index is 12.7. The lowest BCUT2D eigenvalue weighted by atomic mass is 10.1. The maximum Gasteiger partial charge on any atom is 0.416 e. The van der Waals surface area contributed by atoms with Crippen molar-refractivity contribution in [3.63, 3.8) is 0 Å². The Balaban J connectivity index is 2.98. The molecule has 10 heteroatoms. The Labute approximate surface area is 133 Å². The average molecular weight is 353 g/mol. The molecule has 0 aliphatic rings. The number of hydrogen-bond donors (Lipinski definition) is 3. The molecule has 0 saturated carbocycles. The van der Waals surface area contributed by atoms with Crippen LogP contribution in [0.1, 0.15) is 18.1 Å². The van der Waals surface area contributed by atoms with Crippen LogP contribution >= 0.6 is 0 Å². The van der Waals surface area contributed by atoms with E-state index >= 15 is 0 Å². The molecular weight excluding hydrogens is 340 g/mol. The quantitative estimate of drug-likeness (QED) is 0.426. The summed E-state index contributed by atoms with van der Waals surface area (Å²) in [5.74, 6) is 0. The van der Waals surface area contributed by atoms with Crippen molar-refractivity contribution >= 4 is 11.7 Å². The third-order valence-corrected chi connectivity index (χ3v) is 2.55. The highest BCUT2D eigenvalue weighted by molar-refractivity contribution is 5.89. The Bertz CT molecular complexity index is 617. The Kier molecular flexibility index (Phi) is 5.88. The highest BCUT2D eigenvalue weighted by atomic mass is 19.4. The molecule has 0 bridgehead atoms. The molecule has 0 saturated heterocycles. The van der Waals surface area contributed by atoms with Crippen molar-refractivity contribution in [2.24, 2.45) is 0 Å². The standard InChI is InChI=1S/C14H13F6N3O/c1-3-4-8(2)22-23-12(24)21-11-6-9(13(15,16)17)5-10(7-11)14(18,19)20/h3-7,22H,2H2,1H3,(H2,21,23,24)/b4-3-. The first-order valence-electron chi connectivity index (χ1n) is 6.37. The second kappa shape index (κ2) is 7.28. The summed E-state index contributed by atoms with van der Waals surface area (Å²) in [4.78, 5) is 11.5. The molecule has 1 rings (SSSR count). The number of nitrogens with one attached hydrogen (secondary N) is 3. The number of hydrazine groups is 1. The van der Waals surface area contributed by atoms with Gasteiger partial charge in [-0.2, -0.15) is 26.3 Å². The number of carbonyl (C=O) groups excluding carboxylic acids is 1. The Morgan fingerprint density at radius 3 is 1.92 bits per heavy atom. The van der Waals surface area contributed by atoms with E-state index in [0.717, 1.165) is 0 Å². The second-order valence-corrected chi connectivity index (χ2v) is 4.52. The molecule has 0 fully saturated rings. The number of allylic oxidation sites excluding steroid dienone is 2. The molecule has 2 amide bonds. The van der Waals surface area contributed by atoms with Gasteiger partial charge in [-0.1, -0.05) is 12.7 Å². The van der Waals surface area contributed by atoms with Gasteiger partial charge in [0.1, 0.15) is 0 Å². The summed E-state index contributed by atoms with van der Waals surface area (Å²) < 4.78 is 76.1. The molecule has 0 aliphatic heterocycles. The lowest BCUT2D eigenvalue weighted by molar-refractivity contribution is -0.143. The number of halogens is 6. The number of rotatable bonds is 4. The van der Waals surface area contributed by atoms with Crippen LogP contribution in [0.3, 0.4) is 0 Å². The van der Waals surface area contributed by atoms with E-state index in [4.69, 9.17) is 0 Å². The molecule has 0 spiro atoms. The molecule has 0 heterocycles. The molecule has 4 nitrogen and oxygen atoms in total. The Morgan fingerprint density at radius 2 is 1.50 bits per heavy atom. The van der Waals surface area contributed by atoms with Crippen LogP contribution in [-0.4, -0.2) is 6.03 Å². The van der Waals surface area contributed by atoms with Crippen molar-refractivity contribution < 1.29 is 31.1 Å². The first kappa shape index (κ1) is 19.4. The zero-order valence-corrected chi connectivity index (χ0v) is 12.3. The highest BCUT2D eigenvalue weighted by Gasteiger charge is 2.37. The molecule has 0 radical (unpaired) electrons. The third kappa shape index (κ3) is 5.86. The molecule has 0 aliphatic carbocycles. The fourth-order valence-corrected chi connectivity index (χ4v) is 1.57. The zero-order chi connectivity index (χ0) is 18.5. The lowest BCUT2D eigenvalue weighted by Crippen LogP contribution is -2.39. The van der Waals surface area contributed by atoms with Gasteiger partial charge in [-0.05, 0) is 31.2 Å². The minimum atomic E-state index is -4.99. The molecule has 0 unspecified atom stereocenters. The second-order valence-electron chi connectivity index (χ2n) is 4.52. The van der Waals surface area contributed by atoms with E-state index in [0.29, 0.717) is 12.1 Å². The maximum atomic E-state index is 12.7. The van der Waals surface area contributed by atoms with Gasteiger partial charge < -0.3 is 5.32 Å². The first-order chi connectivity index (χ1) is 10.9. The summed E-state index contributed by atoms with van der Waals surface area (Å²) in [5.41, 5.74) is 0.865. The van der Waals surface area contributed by atoms with Gasteiger partial charge in [-0.3, -0.25) is 10.9 Å². The molecule has 1 aromatic carbocycles. The van der Waals surface area contributed by atoms with Gasteiger partial charge in [0.2, 0.25) is 0 Å². The number of carbonyl (C=O) groups is 1. The lowest BCUT2D eigenvalue weighted by Gasteiger charge is -2.15. The van der Waals surface area contributed by atoms with E-state index in [2.05, 4.69) is 12.0 Å². The van der Waals surface area contributed by atoms with Gasteiger partial charge >= 0.3 is 18.4 Å². The van der Waals surface area contributed by atoms with Crippen LogP contribution in [0.15, 0.2) is 42.6 Å². The van der Waals surface area contributed by atoms with E-state index < -0.39 is 35.2 Å². The number of amides is 2. The van der Waals surface area contributed by atoms with Crippen LogP contribution in [0.5, 0.6) is 0 Å². The van der Waals surface area contributed by atoms with Crippen LogP contribution < -0.4 is 16.2 Å². The minimum absolute atomic E-state index is 0.0325. The molecule has 24 heavy (non-hydrogen) atoms. The summed E-state index contributed by atoms with van der Waals surface area (Å²) in [6.45, 7) is 5.15. The summed E-state index contributed by atoms with van der Waals surface area (Å²) in [7, 11) is 0. The van der Waals surface area contributed by atoms with E-state index in [9.17, 15) is 31.1 Å². The summed E-state index contributed by atoms with van der Waals surface area (Å²) in [5, 5.41) is 1.89. The fraction of sp³-hybridized carbons (Fsp3) is 0.214. The van der Waals surface area contributed by atoms with Gasteiger partial charge in [0.05, 0.1) is 11.1 Å². The van der Waals surface area contributed by atoms with Gasteiger partial charge in [0.25, 0.3) is 0 Å². The topological polar surface area (TPSA) is 53.2 Å². The zero-order valence-electron chi connectivity index (χ0n) is 12.3. The number of alkyl halides is 6. The van der Waals surface area contributed by atoms with Crippen LogP contribution in [0.4, 0.5) is 36.8 Å². The fourth-order valence-electron chi connectivity index (χ4n) is 1.57. The van der Waals surface area contributed by atoms with Crippen molar-refractivity contribution in [3.05, 3.63) is 53.8 Å². The Morgan fingerprint density at radius 1 is 1.00 bits per heavy atom. The van der Waals surface area contributed by atoms with Crippen LogP contribution in [0, 0.1) is 0 Å². The van der Waals surface area contributed by atoms with Crippen molar-refractivity contribution in [2.75, 3.05) is 5.32 Å². The van der Waals surface area contributed by atoms with Crippen molar-refractivity contribution in [1.82, 2.24) is 10.9 Å². The van der Waals surface area contributed by atoms with E-state index in [1.54, 1.807) is 13.0 Å². The SMILES string of the molecule is C=C(/C=C\C)NNC(=O)Nc1cc(C(F)(F)F)cc(C(F)(F)F)c1. The number of hydrogen-bond acceptors (Lipinski definition) is 2. The number of anilines is 1. The van der Waals surface area contributed by atoms with E-state index in [1.165, 1.54) is 6.08 Å². The normalized spacial score (nSPS) is 12.1. The average Bonchev–Trinajstić information content (AvgIpc) is 2.43. The van der Waals surface area contributed by atoms with Crippen molar-refractivity contribution in [3.8, 4) is 0 Å². The molecule has 0 aromatic heterocycles. The predicted molar refractivity (Wildman–Crippen MR) is 75.7 cm³/mol. The van der Waals surface area contributed by atoms with Crippen LogP contribution in [0.25, 0.3) is 0 Å². The smallest absolute Gasteiger partial charge is 0.307 e. The third-order valence-electron chi connectivity index (χ3n) is 2.55. The van der Waals surface area contributed by atoms with E-state index in [-0.39, 0.29) is 11.8 Å². The molecule has 1 aromatic rings. The largest absolute Gasteiger partial charge is 0.416 e. The number of benzene rings is 1. The van der Waals surface area contributed by atoms with Gasteiger partial charge in [-0.15, -0.1) is 0 Å². The number of urea groups is 1. The summed E-state index contributed by atoms with van der Waals surface area (Å²) >= 11 is 0. The van der Waals surface area contributed by atoms with Crippen molar-refractivity contribution in [2.45, 2.75) is 19.3 Å². The van der Waals surface area contributed by atoms with Crippen LogP contribution in [0.2, 0.25) is 0 Å². The molecular formula is C14H13F6N3O. The molecule has 3 N–H and O–H groups in total. The van der Waals surface area contributed by atoms with Crippen LogP contribution in [-0.2, 0) is 12.4 Å². The minimum Gasteiger partial charge on any atom is -0.307 e. The van der Waals surface area contributed by atoms with Gasteiger partial charge in [-0.25, -0.2) is 4.79 Å². The molecule has 132 valence electrons. The Hall–Kier alpha value is -2.65. The first-order valence-corrected chi connectivity index (χ1v) is 6.37. The van der Waals surface area contributed by atoms with Gasteiger partial charge in [0.15, 0.2) is 0 Å². The summed E-state index contributed by atoms with van der Waals surface area (Å²) in [6.07, 6.45) is -6.91. The van der Waals surface area contributed by atoms with Crippen molar-refractivity contribution in [1.29, 1.82) is 0 Å².